The number of hydrogen-bond acceptors (Lipinski definition) is 2. The molecule has 1 aromatic carbocycles. The first kappa shape index (κ1) is 18.3. The molecule has 0 radical (unpaired) electrons. The van der Waals surface area contributed by atoms with Crippen LogP contribution in [0.25, 0.3) is 0 Å². The Hall–Kier alpha value is -0.450. The number of phenols is 1. The number of ether oxygens (including phenoxy) is 1. The average molecular weight is 442 g/mol. The highest BCUT2D eigenvalue weighted by Gasteiger charge is 2.53. The number of aryl methyl sites for hydroxylation is 1. The topological polar surface area (TPSA) is 29.5 Å². The number of phenolic OH excluding ortho intramolecular Hbond substituents is 1. The Morgan fingerprint density at radius 3 is 2.75 bits per heavy atom. The molecular formula is C21H31IO2. The van der Waals surface area contributed by atoms with Crippen molar-refractivity contribution >= 4 is 22.6 Å². The Balaban J connectivity index is 1.87. The van der Waals surface area contributed by atoms with Crippen molar-refractivity contribution in [1.29, 1.82) is 0 Å². The van der Waals surface area contributed by atoms with Crippen LogP contribution in [0.1, 0.15) is 70.9 Å². The molecule has 1 aliphatic heterocycles. The summed E-state index contributed by atoms with van der Waals surface area (Å²) in [6, 6.07) is 4.16. The summed E-state index contributed by atoms with van der Waals surface area (Å²) in [5, 5.41) is 10.6. The van der Waals surface area contributed by atoms with Crippen LogP contribution in [-0.2, 0) is 12.8 Å². The van der Waals surface area contributed by atoms with E-state index in [9.17, 15) is 5.11 Å². The van der Waals surface area contributed by atoms with Gasteiger partial charge >= 0.3 is 0 Å². The van der Waals surface area contributed by atoms with E-state index >= 15 is 0 Å². The molecule has 1 N–H and O–H groups in total. The van der Waals surface area contributed by atoms with Gasteiger partial charge in [0, 0.05) is 14.9 Å². The monoisotopic (exact) mass is 442 g/mol. The molecule has 0 amide bonds. The van der Waals surface area contributed by atoms with Crippen molar-refractivity contribution < 1.29 is 9.84 Å². The summed E-state index contributed by atoms with van der Waals surface area (Å²) in [6.45, 7) is 9.16. The molecule has 2 nitrogen and oxygen atoms in total. The Labute approximate surface area is 160 Å². The summed E-state index contributed by atoms with van der Waals surface area (Å²) in [6.07, 6.45) is 7.96. The minimum absolute atomic E-state index is 0.0748. The predicted octanol–water partition coefficient (Wildman–Crippen LogP) is 6.06. The Morgan fingerprint density at radius 2 is 2.08 bits per heavy atom. The number of benzene rings is 1. The third-order valence-electron chi connectivity index (χ3n) is 6.18. The van der Waals surface area contributed by atoms with E-state index in [1.807, 2.05) is 6.07 Å². The highest BCUT2D eigenvalue weighted by molar-refractivity contribution is 14.1. The van der Waals surface area contributed by atoms with E-state index in [4.69, 9.17) is 4.74 Å². The largest absolute Gasteiger partial charge is 0.508 e. The summed E-state index contributed by atoms with van der Waals surface area (Å²) in [7, 11) is 0. The molecule has 1 fully saturated rings. The lowest BCUT2D eigenvalue weighted by molar-refractivity contribution is 0.0165. The van der Waals surface area contributed by atoms with E-state index in [1.165, 1.54) is 31.2 Å². The van der Waals surface area contributed by atoms with Gasteiger partial charge in [-0.3, -0.25) is 0 Å². The van der Waals surface area contributed by atoms with Gasteiger partial charge in [-0.05, 0) is 62.6 Å². The zero-order valence-electron chi connectivity index (χ0n) is 15.5. The van der Waals surface area contributed by atoms with Crippen LogP contribution < -0.4 is 4.74 Å². The van der Waals surface area contributed by atoms with Crippen molar-refractivity contribution in [2.24, 2.45) is 11.8 Å². The molecule has 2 aliphatic rings. The van der Waals surface area contributed by atoms with Gasteiger partial charge in [0.25, 0.3) is 0 Å². The van der Waals surface area contributed by atoms with Crippen molar-refractivity contribution in [2.45, 2.75) is 81.7 Å². The second-order valence-electron chi connectivity index (χ2n) is 8.48. The van der Waals surface area contributed by atoms with Crippen molar-refractivity contribution in [2.75, 3.05) is 0 Å². The standard InChI is InChI=1S/C21H31IO2/c1-5-6-7-8-14-11-18(23)15-13-17-16(20(2,3)22)9-10-21(17,4)24-19(15)12-14/h11-12,16-17,23H,5-10,13H2,1-4H3/t16?,17-,21+/m0/s1. The van der Waals surface area contributed by atoms with Crippen LogP contribution >= 0.6 is 22.6 Å². The number of halogens is 1. The van der Waals surface area contributed by atoms with Crippen molar-refractivity contribution in [3.63, 3.8) is 0 Å². The lowest BCUT2D eigenvalue weighted by Gasteiger charge is -2.42. The number of hydrogen-bond donors (Lipinski definition) is 1. The first-order valence-corrected chi connectivity index (χ1v) is 10.5. The SMILES string of the molecule is CCCCCc1cc(O)c2c(c1)O[C@]1(C)CCC(C(C)(C)I)[C@@H]1C2. The fraction of sp³-hybridized carbons (Fsp3) is 0.714. The molecule has 1 aliphatic carbocycles. The first-order chi connectivity index (χ1) is 11.2. The maximum atomic E-state index is 10.6. The van der Waals surface area contributed by atoms with Crippen molar-refractivity contribution in [3.8, 4) is 11.5 Å². The van der Waals surface area contributed by atoms with Crippen LogP contribution in [0.2, 0.25) is 0 Å². The second-order valence-corrected chi connectivity index (χ2v) is 11.3. The zero-order valence-corrected chi connectivity index (χ0v) is 17.7. The quantitative estimate of drug-likeness (QED) is 0.341. The molecule has 0 bridgehead atoms. The van der Waals surface area contributed by atoms with Gasteiger partial charge in [0.1, 0.15) is 17.1 Å². The maximum Gasteiger partial charge on any atom is 0.127 e. The number of alkyl halides is 1. The molecule has 1 saturated carbocycles. The third-order valence-corrected chi connectivity index (χ3v) is 6.98. The van der Waals surface area contributed by atoms with Gasteiger partial charge in [0.15, 0.2) is 0 Å². The molecule has 3 heteroatoms. The summed E-state index contributed by atoms with van der Waals surface area (Å²) < 4.78 is 6.79. The highest BCUT2D eigenvalue weighted by atomic mass is 127. The minimum Gasteiger partial charge on any atom is -0.508 e. The smallest absolute Gasteiger partial charge is 0.127 e. The lowest BCUT2D eigenvalue weighted by atomic mass is 9.75. The molecule has 3 atom stereocenters. The van der Waals surface area contributed by atoms with Crippen molar-refractivity contribution in [1.82, 2.24) is 0 Å². The summed E-state index contributed by atoms with van der Waals surface area (Å²) in [5.74, 6) is 2.51. The van der Waals surface area contributed by atoms with Gasteiger partial charge in [-0.25, -0.2) is 0 Å². The third kappa shape index (κ3) is 3.42. The lowest BCUT2D eigenvalue weighted by Crippen LogP contribution is -2.45. The molecular weight excluding hydrogens is 411 g/mol. The van der Waals surface area contributed by atoms with E-state index in [2.05, 4.69) is 56.4 Å². The molecule has 134 valence electrons. The number of rotatable bonds is 5. The van der Waals surface area contributed by atoms with E-state index < -0.39 is 0 Å². The number of fused-ring (bicyclic) bond motifs is 2. The molecule has 3 rings (SSSR count). The highest BCUT2D eigenvalue weighted by Crippen LogP contribution is 2.55. The fourth-order valence-corrected chi connectivity index (χ4v) is 5.48. The van der Waals surface area contributed by atoms with Crippen LogP contribution in [0.3, 0.4) is 0 Å². The van der Waals surface area contributed by atoms with E-state index in [0.717, 1.165) is 30.6 Å². The molecule has 1 aromatic rings. The van der Waals surface area contributed by atoms with E-state index in [-0.39, 0.29) is 9.02 Å². The molecule has 0 spiro atoms. The normalized spacial score (nSPS) is 29.0. The van der Waals surface area contributed by atoms with E-state index in [0.29, 0.717) is 17.6 Å². The molecule has 1 unspecified atom stereocenters. The summed E-state index contributed by atoms with van der Waals surface area (Å²) in [4.78, 5) is 0. The van der Waals surface area contributed by atoms with Crippen LogP contribution in [0, 0.1) is 11.8 Å². The van der Waals surface area contributed by atoms with Gasteiger partial charge in [0.2, 0.25) is 0 Å². The van der Waals surface area contributed by atoms with Gasteiger partial charge in [0.05, 0.1) is 0 Å². The van der Waals surface area contributed by atoms with Crippen LogP contribution in [-0.4, -0.2) is 14.1 Å². The summed E-state index contributed by atoms with van der Waals surface area (Å²) >= 11 is 2.59. The maximum absolute atomic E-state index is 10.6. The Morgan fingerprint density at radius 1 is 1.33 bits per heavy atom. The number of aromatic hydroxyl groups is 1. The van der Waals surface area contributed by atoms with Crippen LogP contribution in [0.5, 0.6) is 11.5 Å². The van der Waals surface area contributed by atoms with Crippen LogP contribution in [0.15, 0.2) is 12.1 Å². The van der Waals surface area contributed by atoms with Gasteiger partial charge in [-0.2, -0.15) is 0 Å². The molecule has 0 saturated heterocycles. The molecule has 0 aromatic heterocycles. The van der Waals surface area contributed by atoms with Crippen molar-refractivity contribution in [3.05, 3.63) is 23.3 Å². The Bertz CT molecular complexity index is 605. The first-order valence-electron chi connectivity index (χ1n) is 9.47. The minimum atomic E-state index is -0.0748. The van der Waals surface area contributed by atoms with E-state index in [1.54, 1.807) is 0 Å². The average Bonchev–Trinajstić information content (AvgIpc) is 2.82. The van der Waals surface area contributed by atoms with Gasteiger partial charge < -0.3 is 9.84 Å². The molecule has 24 heavy (non-hydrogen) atoms. The zero-order chi connectivity index (χ0) is 17.5. The Kier molecular flexibility index (Phi) is 5.12. The fourth-order valence-electron chi connectivity index (χ4n) is 4.74. The number of unbranched alkanes of at least 4 members (excludes halogenated alkanes) is 2. The second kappa shape index (κ2) is 6.69. The predicted molar refractivity (Wildman–Crippen MR) is 108 cm³/mol. The van der Waals surface area contributed by atoms with Gasteiger partial charge in [-0.15, -0.1) is 0 Å². The van der Waals surface area contributed by atoms with Crippen LogP contribution in [0.4, 0.5) is 0 Å². The van der Waals surface area contributed by atoms with Gasteiger partial charge in [-0.1, -0.05) is 56.2 Å². The summed E-state index contributed by atoms with van der Waals surface area (Å²) in [5.41, 5.74) is 2.17. The molecule has 1 heterocycles.